The van der Waals surface area contributed by atoms with Gasteiger partial charge in [0.1, 0.15) is 17.8 Å². The van der Waals surface area contributed by atoms with Gasteiger partial charge in [0.2, 0.25) is 5.91 Å². The highest BCUT2D eigenvalue weighted by Gasteiger charge is 2.53. The lowest BCUT2D eigenvalue weighted by Gasteiger charge is -2.57. The molecule has 0 aliphatic carbocycles. The predicted molar refractivity (Wildman–Crippen MR) is 189 cm³/mol. The van der Waals surface area contributed by atoms with Crippen LogP contribution >= 0.6 is 12.2 Å². The molecule has 49 heavy (non-hydrogen) atoms. The van der Waals surface area contributed by atoms with Crippen LogP contribution in [0.2, 0.25) is 0 Å². The standard InChI is InChI=1S/C36H40N6O6S/c1-17-12-20-13-23-25(15-37)42-24(29(41(23)4)27(20)31(44)33(17)47-5)14-22-28(32(45)34(48-6)18(2)30(22)43)26(42)16-38-35(46)19(3)39-36(49)40-21-10-8-7-9-11-21/h7-12,14,19,23,25-26,29,43-45H,13,16H2,1-6H3,(H,38,46)(H2,39,40,49)/t19-,23-,25-,26-,29+/m0/s1. The molecule has 3 aromatic carbocycles. The maximum atomic E-state index is 13.5. The number of para-hydroxylation sites is 1. The highest BCUT2D eigenvalue weighted by Crippen LogP contribution is 2.58. The Morgan fingerprint density at radius 2 is 1.76 bits per heavy atom. The number of benzene rings is 3. The van der Waals surface area contributed by atoms with Crippen molar-refractivity contribution in [3.8, 4) is 34.8 Å². The van der Waals surface area contributed by atoms with Crippen molar-refractivity contribution in [3.05, 3.63) is 75.5 Å². The number of thiocarbonyl (C=S) groups is 1. The topological polar surface area (TPSA) is 163 Å². The van der Waals surface area contributed by atoms with Crippen LogP contribution in [-0.4, -0.2) is 82.1 Å². The van der Waals surface area contributed by atoms with E-state index < -0.39 is 24.2 Å². The normalized spacial score (nSPS) is 21.2. The fourth-order valence-electron chi connectivity index (χ4n) is 7.60. The quantitative estimate of drug-likeness (QED) is 0.156. The number of phenols is 3. The summed E-state index contributed by atoms with van der Waals surface area (Å²) in [4.78, 5) is 17.5. The average Bonchev–Trinajstić information content (AvgIpc) is 3.07. The molecule has 0 radical (unpaired) electrons. The predicted octanol–water partition coefficient (Wildman–Crippen LogP) is 4.13. The Bertz CT molecular complexity index is 1910. The van der Waals surface area contributed by atoms with Crippen LogP contribution in [0.3, 0.4) is 0 Å². The number of amides is 1. The van der Waals surface area contributed by atoms with Gasteiger partial charge in [0.15, 0.2) is 28.1 Å². The third-order valence-corrected chi connectivity index (χ3v) is 10.1. The number of rotatable bonds is 7. The average molecular weight is 685 g/mol. The molecule has 3 aliphatic heterocycles. The smallest absolute Gasteiger partial charge is 0.242 e. The highest BCUT2D eigenvalue weighted by molar-refractivity contribution is 7.80. The van der Waals surface area contributed by atoms with Gasteiger partial charge >= 0.3 is 0 Å². The number of anilines is 1. The number of phenolic OH excluding ortho intramolecular Hbond substituents is 3. The molecule has 3 aliphatic rings. The summed E-state index contributed by atoms with van der Waals surface area (Å²) >= 11 is 5.43. The highest BCUT2D eigenvalue weighted by atomic mass is 32.1. The van der Waals surface area contributed by atoms with Crippen molar-refractivity contribution in [1.29, 1.82) is 5.26 Å². The molecule has 256 valence electrons. The molecule has 1 fully saturated rings. The SMILES string of the molecule is COc1c(C)cc2c(c1O)[C@H]1C3=Cc4c(O)c(C)c(OC)c(O)c4[C@H](CNC(=O)[C@H](C)NC(=S)Nc4ccccc4)N3[C@@H](C#N)[C@H](C2)N1C. The molecule has 0 spiro atoms. The molecular formula is C36H40N6O6S. The van der Waals surface area contributed by atoms with Crippen LogP contribution in [0.25, 0.3) is 6.08 Å². The van der Waals surface area contributed by atoms with Crippen LogP contribution in [0, 0.1) is 25.2 Å². The Labute approximate surface area is 290 Å². The number of aromatic hydroxyl groups is 3. The van der Waals surface area contributed by atoms with Crippen LogP contribution in [0.15, 0.2) is 42.1 Å². The number of hydrogen-bond donors (Lipinski definition) is 6. The van der Waals surface area contributed by atoms with Gasteiger partial charge in [-0.2, -0.15) is 5.26 Å². The first-order valence-electron chi connectivity index (χ1n) is 16.0. The summed E-state index contributed by atoms with van der Waals surface area (Å²) in [6.07, 6.45) is 2.23. The van der Waals surface area contributed by atoms with Crippen molar-refractivity contribution in [1.82, 2.24) is 20.4 Å². The Morgan fingerprint density at radius 1 is 1.08 bits per heavy atom. The minimum absolute atomic E-state index is 0.0117. The lowest BCUT2D eigenvalue weighted by Crippen LogP contribution is -2.62. The minimum Gasteiger partial charge on any atom is -0.507 e. The number of nitriles is 1. The van der Waals surface area contributed by atoms with Gasteiger partial charge in [-0.05, 0) is 75.8 Å². The van der Waals surface area contributed by atoms with E-state index in [9.17, 15) is 25.4 Å². The molecule has 1 amide bonds. The number of ether oxygens (including phenoxy) is 2. The lowest BCUT2D eigenvalue weighted by molar-refractivity contribution is -0.122. The van der Waals surface area contributed by atoms with Gasteiger partial charge in [-0.1, -0.05) is 24.3 Å². The van der Waals surface area contributed by atoms with Crippen LogP contribution in [0.1, 0.15) is 52.4 Å². The zero-order chi connectivity index (χ0) is 35.3. The zero-order valence-electron chi connectivity index (χ0n) is 28.2. The van der Waals surface area contributed by atoms with Crippen molar-refractivity contribution < 1.29 is 29.6 Å². The van der Waals surface area contributed by atoms with Crippen molar-refractivity contribution in [2.45, 2.75) is 57.4 Å². The fraction of sp³-hybridized carbons (Fsp3) is 0.361. The summed E-state index contributed by atoms with van der Waals surface area (Å²) in [5.74, 6) is -0.185. The summed E-state index contributed by atoms with van der Waals surface area (Å²) in [5, 5.41) is 54.8. The van der Waals surface area contributed by atoms with Gasteiger partial charge in [-0.3, -0.25) is 9.69 Å². The number of hydrogen-bond acceptors (Lipinski definition) is 10. The molecule has 6 rings (SSSR count). The van der Waals surface area contributed by atoms with Crippen LogP contribution < -0.4 is 25.4 Å². The molecule has 5 atom stereocenters. The van der Waals surface area contributed by atoms with E-state index in [1.165, 1.54) is 14.2 Å². The molecule has 2 bridgehead atoms. The molecule has 6 N–H and O–H groups in total. The maximum Gasteiger partial charge on any atom is 0.242 e. The third-order valence-electron chi connectivity index (χ3n) is 9.90. The van der Waals surface area contributed by atoms with E-state index in [-0.39, 0.29) is 46.6 Å². The number of aryl methyl sites for hydroxylation is 1. The summed E-state index contributed by atoms with van der Waals surface area (Å²) in [6, 6.07) is 10.7. The van der Waals surface area contributed by atoms with E-state index in [1.54, 1.807) is 19.9 Å². The minimum atomic E-state index is -0.805. The molecule has 12 nitrogen and oxygen atoms in total. The molecule has 0 aromatic heterocycles. The first-order valence-corrected chi connectivity index (χ1v) is 16.4. The number of methoxy groups -OCH3 is 2. The monoisotopic (exact) mass is 684 g/mol. The number of nitrogens with zero attached hydrogens (tertiary/aromatic N) is 3. The van der Waals surface area contributed by atoms with E-state index in [2.05, 4.69) is 26.9 Å². The molecule has 0 saturated carbocycles. The van der Waals surface area contributed by atoms with Crippen molar-refractivity contribution in [3.63, 3.8) is 0 Å². The lowest BCUT2D eigenvalue weighted by atomic mass is 9.75. The largest absolute Gasteiger partial charge is 0.507 e. The maximum absolute atomic E-state index is 13.5. The van der Waals surface area contributed by atoms with Crippen LogP contribution in [-0.2, 0) is 11.2 Å². The van der Waals surface area contributed by atoms with Gasteiger partial charge in [0.05, 0.1) is 32.4 Å². The summed E-state index contributed by atoms with van der Waals surface area (Å²) in [7, 11) is 4.83. The van der Waals surface area contributed by atoms with Gasteiger partial charge in [-0.25, -0.2) is 0 Å². The van der Waals surface area contributed by atoms with E-state index in [4.69, 9.17) is 21.7 Å². The second-order valence-corrected chi connectivity index (χ2v) is 13.1. The zero-order valence-corrected chi connectivity index (χ0v) is 29.0. The number of fused-ring (bicyclic) bond motifs is 7. The molecule has 0 unspecified atom stereocenters. The van der Waals surface area contributed by atoms with Crippen molar-refractivity contribution in [2.24, 2.45) is 0 Å². The Kier molecular flexibility index (Phi) is 8.96. The molecule has 13 heteroatoms. The van der Waals surface area contributed by atoms with E-state index >= 15 is 0 Å². The van der Waals surface area contributed by atoms with Gasteiger partial charge in [-0.15, -0.1) is 0 Å². The van der Waals surface area contributed by atoms with E-state index in [1.807, 2.05) is 55.3 Å². The van der Waals surface area contributed by atoms with E-state index in [0.717, 1.165) is 16.8 Å². The Morgan fingerprint density at radius 3 is 2.41 bits per heavy atom. The third kappa shape index (κ3) is 5.50. The van der Waals surface area contributed by atoms with Crippen LogP contribution in [0.4, 0.5) is 5.69 Å². The molecule has 1 saturated heterocycles. The van der Waals surface area contributed by atoms with Crippen molar-refractivity contribution >= 4 is 35.0 Å². The van der Waals surface area contributed by atoms with Gasteiger partial charge in [0.25, 0.3) is 0 Å². The molecule has 3 aromatic rings. The fourth-order valence-corrected chi connectivity index (χ4v) is 7.90. The second-order valence-electron chi connectivity index (χ2n) is 12.7. The first-order chi connectivity index (χ1) is 23.4. The number of likely N-dealkylation sites (N-methyl/N-ethyl adjacent to an activating group) is 1. The van der Waals surface area contributed by atoms with Gasteiger partial charge in [0, 0.05) is 46.2 Å². The molecular weight excluding hydrogens is 644 g/mol. The van der Waals surface area contributed by atoms with Crippen molar-refractivity contribution in [2.75, 3.05) is 33.1 Å². The Hall–Kier alpha value is -5.19. The first kappa shape index (κ1) is 33.7. The van der Waals surface area contributed by atoms with E-state index in [0.29, 0.717) is 40.1 Å². The number of piperazine rings is 1. The van der Waals surface area contributed by atoms with Gasteiger partial charge < -0.3 is 45.6 Å². The number of nitrogens with one attached hydrogen (secondary N) is 3. The Balaban J connectivity index is 1.42. The summed E-state index contributed by atoms with van der Waals surface area (Å²) in [5.41, 5.74) is 4.72. The second kappa shape index (κ2) is 13.0. The number of carbonyl (C=O) groups is 1. The molecule has 3 heterocycles. The number of carbonyl (C=O) groups excluding carboxylic acids is 1. The summed E-state index contributed by atoms with van der Waals surface area (Å²) < 4.78 is 11.1. The summed E-state index contributed by atoms with van der Waals surface area (Å²) in [6.45, 7) is 5.15. The van der Waals surface area contributed by atoms with Crippen LogP contribution in [0.5, 0.6) is 28.7 Å².